The van der Waals surface area contributed by atoms with Crippen LogP contribution in [0.2, 0.25) is 0 Å². The first-order valence-electron chi connectivity index (χ1n) is 5.81. The summed E-state index contributed by atoms with van der Waals surface area (Å²) in [7, 11) is 1.66. The first kappa shape index (κ1) is 14.8. The normalized spacial score (nSPS) is 11.2. The molecular formula is C12H11F3N4O2. The minimum atomic E-state index is -4.51. The number of anilines is 1. The maximum Gasteiger partial charge on any atom is 0.422 e. The molecule has 2 heterocycles. The molecule has 1 N–H and O–H groups in total. The van der Waals surface area contributed by atoms with Crippen molar-refractivity contribution in [3.63, 3.8) is 0 Å². The SMILES string of the molecule is Cn1ccc(NC(=O)c2cccnc2OCC(F)(F)F)n1. The number of pyridine rings is 1. The fraction of sp³-hybridized carbons (Fsp3) is 0.250. The molecule has 0 saturated heterocycles. The molecule has 0 unspecified atom stereocenters. The molecule has 0 aliphatic rings. The van der Waals surface area contributed by atoms with Crippen LogP contribution >= 0.6 is 0 Å². The van der Waals surface area contributed by atoms with Crippen LogP contribution in [0.1, 0.15) is 10.4 Å². The second-order valence-corrected chi connectivity index (χ2v) is 4.09. The van der Waals surface area contributed by atoms with Gasteiger partial charge in [-0.2, -0.15) is 18.3 Å². The van der Waals surface area contributed by atoms with Gasteiger partial charge < -0.3 is 10.1 Å². The number of carbonyl (C=O) groups excluding carboxylic acids is 1. The minimum absolute atomic E-state index is 0.104. The Morgan fingerprint density at radius 2 is 2.19 bits per heavy atom. The Morgan fingerprint density at radius 3 is 2.81 bits per heavy atom. The van der Waals surface area contributed by atoms with Crippen LogP contribution in [0.25, 0.3) is 0 Å². The zero-order valence-corrected chi connectivity index (χ0v) is 10.9. The predicted molar refractivity (Wildman–Crippen MR) is 66.9 cm³/mol. The molecule has 0 aliphatic heterocycles. The zero-order chi connectivity index (χ0) is 15.5. The lowest BCUT2D eigenvalue weighted by Gasteiger charge is -2.11. The van der Waals surface area contributed by atoms with Crippen LogP contribution in [0, 0.1) is 0 Å². The fourth-order valence-corrected chi connectivity index (χ4v) is 1.49. The van der Waals surface area contributed by atoms with Gasteiger partial charge in [-0.05, 0) is 12.1 Å². The Kier molecular flexibility index (Phi) is 4.10. The molecule has 0 radical (unpaired) electrons. The highest BCUT2D eigenvalue weighted by Gasteiger charge is 2.29. The molecule has 1 amide bonds. The molecule has 0 fully saturated rings. The number of nitrogens with one attached hydrogen (secondary N) is 1. The Balaban J connectivity index is 2.13. The second-order valence-electron chi connectivity index (χ2n) is 4.09. The van der Waals surface area contributed by atoms with Crippen LogP contribution in [0.4, 0.5) is 19.0 Å². The smallest absolute Gasteiger partial charge is 0.422 e. The van der Waals surface area contributed by atoms with E-state index < -0.39 is 18.7 Å². The number of alkyl halides is 3. The minimum Gasteiger partial charge on any atom is -0.467 e. The summed E-state index contributed by atoms with van der Waals surface area (Å²) in [6.45, 7) is -1.52. The van der Waals surface area contributed by atoms with Crippen LogP contribution in [0.5, 0.6) is 5.88 Å². The molecule has 2 aromatic rings. The maximum atomic E-state index is 12.2. The zero-order valence-electron chi connectivity index (χ0n) is 10.9. The van der Waals surface area contributed by atoms with Crippen molar-refractivity contribution in [2.45, 2.75) is 6.18 Å². The number of aryl methyl sites for hydroxylation is 1. The third-order valence-electron chi connectivity index (χ3n) is 2.34. The second kappa shape index (κ2) is 5.81. The summed E-state index contributed by atoms with van der Waals surface area (Å²) in [6.07, 6.45) is -1.66. The fourth-order valence-electron chi connectivity index (χ4n) is 1.49. The molecule has 9 heteroatoms. The average Bonchev–Trinajstić information content (AvgIpc) is 2.81. The average molecular weight is 300 g/mol. The van der Waals surface area contributed by atoms with Gasteiger partial charge in [0.15, 0.2) is 12.4 Å². The van der Waals surface area contributed by atoms with Gasteiger partial charge in [0.05, 0.1) is 0 Å². The lowest BCUT2D eigenvalue weighted by molar-refractivity contribution is -0.154. The highest BCUT2D eigenvalue weighted by atomic mass is 19.4. The van der Waals surface area contributed by atoms with E-state index in [0.717, 1.165) is 0 Å². The lowest BCUT2D eigenvalue weighted by Crippen LogP contribution is -2.22. The molecule has 0 spiro atoms. The number of halogens is 3. The molecule has 0 aliphatic carbocycles. The van der Waals surface area contributed by atoms with Gasteiger partial charge in [-0.1, -0.05) is 0 Å². The van der Waals surface area contributed by atoms with E-state index in [1.54, 1.807) is 19.3 Å². The number of amides is 1. The molecule has 0 aromatic carbocycles. The Labute approximate surface area is 117 Å². The lowest BCUT2D eigenvalue weighted by atomic mass is 10.2. The molecule has 2 rings (SSSR count). The number of nitrogens with zero attached hydrogens (tertiary/aromatic N) is 3. The summed E-state index contributed by atoms with van der Waals surface area (Å²) in [5, 5.41) is 6.38. The van der Waals surface area contributed by atoms with Gasteiger partial charge in [0.1, 0.15) is 5.56 Å². The number of aromatic nitrogens is 3. The van der Waals surface area contributed by atoms with E-state index in [-0.39, 0.29) is 17.3 Å². The van der Waals surface area contributed by atoms with E-state index in [4.69, 9.17) is 0 Å². The molecule has 21 heavy (non-hydrogen) atoms. The summed E-state index contributed by atoms with van der Waals surface area (Å²) >= 11 is 0. The number of hydrogen-bond donors (Lipinski definition) is 1. The molecule has 2 aromatic heterocycles. The van der Waals surface area contributed by atoms with Crippen LogP contribution in [0.3, 0.4) is 0 Å². The molecule has 6 nitrogen and oxygen atoms in total. The van der Waals surface area contributed by atoms with E-state index in [0.29, 0.717) is 0 Å². The van der Waals surface area contributed by atoms with Gasteiger partial charge in [0.2, 0.25) is 5.88 Å². The Hall–Kier alpha value is -2.58. The number of hydrogen-bond acceptors (Lipinski definition) is 4. The maximum absolute atomic E-state index is 12.2. The van der Waals surface area contributed by atoms with Crippen molar-refractivity contribution in [3.05, 3.63) is 36.2 Å². The van der Waals surface area contributed by atoms with Crippen LogP contribution in [0.15, 0.2) is 30.6 Å². The Bertz CT molecular complexity index is 639. The third-order valence-corrected chi connectivity index (χ3v) is 2.34. The number of ether oxygens (including phenoxy) is 1. The third kappa shape index (κ3) is 4.20. The summed E-state index contributed by atoms with van der Waals surface area (Å²) < 4.78 is 42.5. The summed E-state index contributed by atoms with van der Waals surface area (Å²) in [5.74, 6) is -0.768. The van der Waals surface area contributed by atoms with Gasteiger partial charge >= 0.3 is 6.18 Å². The molecule has 0 atom stereocenters. The van der Waals surface area contributed by atoms with E-state index >= 15 is 0 Å². The van der Waals surface area contributed by atoms with Crippen molar-refractivity contribution < 1.29 is 22.7 Å². The van der Waals surface area contributed by atoms with Crippen LogP contribution in [-0.2, 0) is 7.05 Å². The van der Waals surface area contributed by atoms with Crippen LogP contribution < -0.4 is 10.1 Å². The van der Waals surface area contributed by atoms with Crippen molar-refractivity contribution >= 4 is 11.7 Å². The quantitative estimate of drug-likeness (QED) is 0.937. The van der Waals surface area contributed by atoms with E-state index in [2.05, 4.69) is 20.1 Å². The molecule has 0 saturated carbocycles. The van der Waals surface area contributed by atoms with Crippen molar-refractivity contribution in [3.8, 4) is 5.88 Å². The number of rotatable bonds is 4. The monoisotopic (exact) mass is 300 g/mol. The molecular weight excluding hydrogens is 289 g/mol. The van der Waals surface area contributed by atoms with Gasteiger partial charge in [-0.3, -0.25) is 9.48 Å². The summed E-state index contributed by atoms with van der Waals surface area (Å²) in [6, 6.07) is 4.29. The largest absolute Gasteiger partial charge is 0.467 e. The summed E-state index contributed by atoms with van der Waals surface area (Å²) in [4.78, 5) is 15.6. The highest BCUT2D eigenvalue weighted by Crippen LogP contribution is 2.20. The highest BCUT2D eigenvalue weighted by molar-refractivity contribution is 6.05. The van der Waals surface area contributed by atoms with Crippen molar-refractivity contribution in [2.75, 3.05) is 11.9 Å². The first-order chi connectivity index (χ1) is 9.85. The molecule has 0 bridgehead atoms. The van der Waals surface area contributed by atoms with Crippen molar-refractivity contribution in [1.82, 2.24) is 14.8 Å². The Morgan fingerprint density at radius 1 is 1.43 bits per heavy atom. The number of carbonyl (C=O) groups is 1. The standard InChI is InChI=1S/C12H11F3N4O2/c1-19-6-4-9(18-19)17-10(20)8-3-2-5-16-11(8)21-7-12(13,14)15/h2-6H,7H2,1H3,(H,17,18,20). The summed E-state index contributed by atoms with van der Waals surface area (Å²) in [5.41, 5.74) is -0.104. The topological polar surface area (TPSA) is 69.0 Å². The van der Waals surface area contributed by atoms with Crippen molar-refractivity contribution in [1.29, 1.82) is 0 Å². The van der Waals surface area contributed by atoms with E-state index in [1.807, 2.05) is 0 Å². The van der Waals surface area contributed by atoms with Gasteiger partial charge in [-0.15, -0.1) is 0 Å². The first-order valence-corrected chi connectivity index (χ1v) is 5.81. The van der Waals surface area contributed by atoms with Gasteiger partial charge in [0.25, 0.3) is 5.91 Å². The van der Waals surface area contributed by atoms with E-state index in [1.165, 1.54) is 23.0 Å². The van der Waals surface area contributed by atoms with E-state index in [9.17, 15) is 18.0 Å². The van der Waals surface area contributed by atoms with Crippen molar-refractivity contribution in [2.24, 2.45) is 7.05 Å². The molecule has 112 valence electrons. The van der Waals surface area contributed by atoms with Gasteiger partial charge in [0, 0.05) is 25.5 Å². The van der Waals surface area contributed by atoms with Crippen LogP contribution in [-0.4, -0.2) is 33.5 Å². The predicted octanol–water partition coefficient (Wildman–Crippen LogP) is 2.01. The van der Waals surface area contributed by atoms with Gasteiger partial charge in [-0.25, -0.2) is 4.98 Å².